The van der Waals surface area contributed by atoms with E-state index in [4.69, 9.17) is 0 Å². The van der Waals surface area contributed by atoms with Crippen LogP contribution in [0.15, 0.2) is 60.7 Å². The molecule has 1 fully saturated rings. The maximum Gasteiger partial charge on any atom is 0.322 e. The fourth-order valence-corrected chi connectivity index (χ4v) is 2.90. The number of benzene rings is 2. The highest BCUT2D eigenvalue weighted by atomic mass is 16.2. The minimum absolute atomic E-state index is 0.0976. The van der Waals surface area contributed by atoms with Gasteiger partial charge in [-0.15, -0.1) is 0 Å². The van der Waals surface area contributed by atoms with Gasteiger partial charge in [-0.2, -0.15) is 0 Å². The molecule has 0 saturated carbocycles. The zero-order valence-electron chi connectivity index (χ0n) is 13.4. The van der Waals surface area contributed by atoms with Crippen LogP contribution >= 0.6 is 0 Å². The molecular formula is C19H21N3O2. The summed E-state index contributed by atoms with van der Waals surface area (Å²) in [5, 5.41) is 5.78. The Kier molecular flexibility index (Phi) is 5.11. The molecule has 24 heavy (non-hydrogen) atoms. The van der Waals surface area contributed by atoms with Crippen molar-refractivity contribution in [2.75, 3.05) is 11.9 Å². The summed E-state index contributed by atoms with van der Waals surface area (Å²) < 4.78 is 0. The summed E-state index contributed by atoms with van der Waals surface area (Å²) in [6.07, 6.45) is 1.54. The Labute approximate surface area is 141 Å². The molecule has 0 aromatic heterocycles. The molecule has 5 nitrogen and oxygen atoms in total. The number of hydrogen-bond donors (Lipinski definition) is 2. The lowest BCUT2D eigenvalue weighted by atomic mass is 10.2. The standard InChI is InChI=1S/C19H21N3O2/c23-18(20-14-15-8-3-1-4-9-15)17-12-7-13-22(17)19(24)21-16-10-5-2-6-11-16/h1-6,8-11,17H,7,12-14H2,(H,20,23)(H,21,24)/t17-/m0/s1. The molecule has 5 heteroatoms. The lowest BCUT2D eigenvalue weighted by Crippen LogP contribution is -2.47. The topological polar surface area (TPSA) is 61.4 Å². The van der Waals surface area contributed by atoms with Gasteiger partial charge in [-0.1, -0.05) is 48.5 Å². The molecule has 1 aliphatic rings. The number of carbonyl (C=O) groups is 2. The van der Waals surface area contributed by atoms with Gasteiger partial charge in [0.1, 0.15) is 6.04 Å². The third-order valence-electron chi connectivity index (χ3n) is 4.15. The molecule has 0 aliphatic carbocycles. The zero-order chi connectivity index (χ0) is 16.8. The molecule has 1 saturated heterocycles. The number of carbonyl (C=O) groups excluding carboxylic acids is 2. The van der Waals surface area contributed by atoms with Crippen molar-refractivity contribution in [1.29, 1.82) is 0 Å². The van der Waals surface area contributed by atoms with Crippen molar-refractivity contribution in [2.24, 2.45) is 0 Å². The molecule has 3 rings (SSSR count). The first kappa shape index (κ1) is 16.1. The van der Waals surface area contributed by atoms with Crippen LogP contribution in [0.25, 0.3) is 0 Å². The number of likely N-dealkylation sites (tertiary alicyclic amines) is 1. The third-order valence-corrected chi connectivity index (χ3v) is 4.15. The quantitative estimate of drug-likeness (QED) is 0.908. The van der Waals surface area contributed by atoms with E-state index in [1.165, 1.54) is 0 Å². The van der Waals surface area contributed by atoms with Gasteiger partial charge in [0.15, 0.2) is 0 Å². The van der Waals surface area contributed by atoms with Crippen LogP contribution in [0, 0.1) is 0 Å². The minimum atomic E-state index is -0.405. The molecule has 0 spiro atoms. The average Bonchev–Trinajstić information content (AvgIpc) is 3.11. The molecule has 3 amide bonds. The van der Waals surface area contributed by atoms with Crippen LogP contribution in [0.3, 0.4) is 0 Å². The van der Waals surface area contributed by atoms with E-state index in [1.807, 2.05) is 60.7 Å². The van der Waals surface area contributed by atoms with Gasteiger partial charge in [0.25, 0.3) is 0 Å². The maximum absolute atomic E-state index is 12.5. The SMILES string of the molecule is O=C(NCc1ccccc1)[C@@H]1CCCN1C(=O)Nc1ccccc1. The molecule has 1 atom stereocenters. The highest BCUT2D eigenvalue weighted by Gasteiger charge is 2.33. The lowest BCUT2D eigenvalue weighted by Gasteiger charge is -2.24. The summed E-state index contributed by atoms with van der Waals surface area (Å²) in [4.78, 5) is 26.5. The largest absolute Gasteiger partial charge is 0.350 e. The summed E-state index contributed by atoms with van der Waals surface area (Å²) in [7, 11) is 0. The number of urea groups is 1. The summed E-state index contributed by atoms with van der Waals surface area (Å²) in [5.41, 5.74) is 1.78. The summed E-state index contributed by atoms with van der Waals surface area (Å²) in [5.74, 6) is -0.0976. The van der Waals surface area contributed by atoms with Crippen LogP contribution in [-0.4, -0.2) is 29.4 Å². The molecule has 2 N–H and O–H groups in total. The summed E-state index contributed by atoms with van der Waals surface area (Å²) in [6, 6.07) is 18.4. The molecule has 1 aliphatic heterocycles. The van der Waals surface area contributed by atoms with Gasteiger partial charge in [0.2, 0.25) is 5.91 Å². The van der Waals surface area contributed by atoms with E-state index in [1.54, 1.807) is 4.90 Å². The molecule has 1 heterocycles. The van der Waals surface area contributed by atoms with Crippen molar-refractivity contribution in [3.8, 4) is 0 Å². The Morgan fingerprint density at radius 1 is 1.00 bits per heavy atom. The van der Waals surface area contributed by atoms with E-state index < -0.39 is 6.04 Å². The van der Waals surface area contributed by atoms with E-state index in [2.05, 4.69) is 10.6 Å². The highest BCUT2D eigenvalue weighted by molar-refractivity contribution is 5.94. The Morgan fingerprint density at radius 2 is 1.67 bits per heavy atom. The summed E-state index contributed by atoms with van der Waals surface area (Å²) in [6.45, 7) is 1.08. The van der Waals surface area contributed by atoms with E-state index in [-0.39, 0.29) is 11.9 Å². The maximum atomic E-state index is 12.5. The predicted octanol–water partition coefficient (Wildman–Crippen LogP) is 3.00. The van der Waals surface area contributed by atoms with Crippen molar-refractivity contribution in [3.05, 3.63) is 66.2 Å². The van der Waals surface area contributed by atoms with Gasteiger partial charge in [-0.05, 0) is 30.5 Å². The van der Waals surface area contributed by atoms with Crippen molar-refractivity contribution in [1.82, 2.24) is 10.2 Å². The number of anilines is 1. The molecule has 0 unspecified atom stereocenters. The number of rotatable bonds is 4. The second kappa shape index (κ2) is 7.64. The normalized spacial score (nSPS) is 16.7. The van der Waals surface area contributed by atoms with Gasteiger partial charge >= 0.3 is 6.03 Å². The van der Waals surface area contributed by atoms with Gasteiger partial charge < -0.3 is 15.5 Å². The predicted molar refractivity (Wildman–Crippen MR) is 93.5 cm³/mol. The highest BCUT2D eigenvalue weighted by Crippen LogP contribution is 2.19. The van der Waals surface area contributed by atoms with Gasteiger partial charge in [-0.3, -0.25) is 4.79 Å². The first-order valence-corrected chi connectivity index (χ1v) is 8.18. The lowest BCUT2D eigenvalue weighted by molar-refractivity contribution is -0.124. The van der Waals surface area contributed by atoms with Crippen LogP contribution in [0.5, 0.6) is 0 Å². The molecule has 124 valence electrons. The first-order chi connectivity index (χ1) is 11.7. The number of amides is 3. The van der Waals surface area contributed by atoms with Crippen molar-refractivity contribution in [3.63, 3.8) is 0 Å². The third kappa shape index (κ3) is 3.93. The van der Waals surface area contributed by atoms with Crippen LogP contribution in [-0.2, 0) is 11.3 Å². The van der Waals surface area contributed by atoms with E-state index >= 15 is 0 Å². The average molecular weight is 323 g/mol. The molecule has 0 radical (unpaired) electrons. The minimum Gasteiger partial charge on any atom is -0.350 e. The zero-order valence-corrected chi connectivity index (χ0v) is 13.4. The van der Waals surface area contributed by atoms with Crippen LogP contribution in [0.2, 0.25) is 0 Å². The van der Waals surface area contributed by atoms with Crippen molar-refractivity contribution < 1.29 is 9.59 Å². The van der Waals surface area contributed by atoms with E-state index in [9.17, 15) is 9.59 Å². The fraction of sp³-hybridized carbons (Fsp3) is 0.263. The smallest absolute Gasteiger partial charge is 0.322 e. The number of nitrogens with one attached hydrogen (secondary N) is 2. The fourth-order valence-electron chi connectivity index (χ4n) is 2.90. The Morgan fingerprint density at radius 3 is 2.38 bits per heavy atom. The first-order valence-electron chi connectivity index (χ1n) is 8.18. The van der Waals surface area contributed by atoms with E-state index in [0.717, 1.165) is 17.7 Å². The number of hydrogen-bond acceptors (Lipinski definition) is 2. The van der Waals surface area contributed by atoms with Gasteiger partial charge in [0, 0.05) is 18.8 Å². The van der Waals surface area contributed by atoms with Gasteiger partial charge in [-0.25, -0.2) is 4.79 Å². The number of nitrogens with zero attached hydrogens (tertiary/aromatic N) is 1. The van der Waals surface area contributed by atoms with E-state index in [0.29, 0.717) is 19.5 Å². The Balaban J connectivity index is 1.58. The molecular weight excluding hydrogens is 302 g/mol. The Bertz CT molecular complexity index is 688. The van der Waals surface area contributed by atoms with Gasteiger partial charge in [0.05, 0.1) is 0 Å². The van der Waals surface area contributed by atoms with Crippen LogP contribution < -0.4 is 10.6 Å². The second-order valence-corrected chi connectivity index (χ2v) is 5.85. The molecule has 2 aromatic carbocycles. The monoisotopic (exact) mass is 323 g/mol. The molecule has 0 bridgehead atoms. The Hall–Kier alpha value is -2.82. The summed E-state index contributed by atoms with van der Waals surface area (Å²) >= 11 is 0. The second-order valence-electron chi connectivity index (χ2n) is 5.85. The van der Waals surface area contributed by atoms with Crippen molar-refractivity contribution >= 4 is 17.6 Å². The number of para-hydroxylation sites is 1. The van der Waals surface area contributed by atoms with Crippen molar-refractivity contribution in [2.45, 2.75) is 25.4 Å². The molecule has 2 aromatic rings. The van der Waals surface area contributed by atoms with Crippen LogP contribution in [0.4, 0.5) is 10.5 Å². The van der Waals surface area contributed by atoms with Crippen LogP contribution in [0.1, 0.15) is 18.4 Å².